The van der Waals surface area contributed by atoms with Crippen LogP contribution >= 0.6 is 0 Å². The summed E-state index contributed by atoms with van der Waals surface area (Å²) in [6.45, 7) is 2.87. The van der Waals surface area contributed by atoms with Crippen LogP contribution < -0.4 is 4.74 Å². The summed E-state index contributed by atoms with van der Waals surface area (Å²) in [7, 11) is 1.66. The van der Waals surface area contributed by atoms with Crippen LogP contribution in [0.1, 0.15) is 61.4 Å². The largest absolute Gasteiger partial charge is 0.467 e. The number of hydrogen-bond donors (Lipinski definition) is 0. The van der Waals surface area contributed by atoms with Crippen molar-refractivity contribution in [1.29, 1.82) is 0 Å². The Kier molecular flexibility index (Phi) is 5.07. The molecule has 0 atom stereocenters. The zero-order valence-corrected chi connectivity index (χ0v) is 16.0. The number of carbonyl (C=O) groups is 1. The maximum Gasteiger partial charge on any atom is 0.189 e. The lowest BCUT2D eigenvalue weighted by Gasteiger charge is -2.57. The minimum absolute atomic E-state index is 0.0761. The predicted molar refractivity (Wildman–Crippen MR) is 99.6 cm³/mol. The van der Waals surface area contributed by atoms with Crippen LogP contribution in [0.25, 0.3) is 0 Å². The lowest BCUT2D eigenvalue weighted by Crippen LogP contribution is -2.48. The van der Waals surface area contributed by atoms with E-state index in [0.717, 1.165) is 23.5 Å². The molecule has 4 saturated carbocycles. The lowest BCUT2D eigenvalue weighted by molar-refractivity contribution is -0.0190. The van der Waals surface area contributed by atoms with E-state index >= 15 is 0 Å². The van der Waals surface area contributed by atoms with E-state index in [2.05, 4.69) is 6.07 Å². The average Bonchev–Trinajstić information content (AvgIpc) is 2.60. The Morgan fingerprint density at radius 3 is 2.31 bits per heavy atom. The zero-order chi connectivity index (χ0) is 18.1. The molecule has 4 fully saturated rings. The Balaban J connectivity index is 1.59. The van der Waals surface area contributed by atoms with Gasteiger partial charge in [-0.2, -0.15) is 0 Å². The summed E-state index contributed by atoms with van der Waals surface area (Å²) in [6, 6.07) is 6.07. The van der Waals surface area contributed by atoms with Crippen LogP contribution in [0.5, 0.6) is 5.75 Å². The van der Waals surface area contributed by atoms with Crippen LogP contribution in [-0.2, 0) is 14.9 Å². The van der Waals surface area contributed by atoms with Gasteiger partial charge in [0.25, 0.3) is 0 Å². The highest BCUT2D eigenvalue weighted by atomic mass is 16.7. The van der Waals surface area contributed by atoms with Crippen LogP contribution in [-0.4, -0.2) is 32.9 Å². The van der Waals surface area contributed by atoms with E-state index in [-0.39, 0.29) is 18.0 Å². The number of Topliss-reactive ketones (excluding diaryl/α,β-unsaturated/α-hetero) is 1. The number of methoxy groups -OCH3 is 1. The second kappa shape index (κ2) is 7.32. The van der Waals surface area contributed by atoms with Crippen molar-refractivity contribution in [3.8, 4) is 5.75 Å². The molecular formula is C22H30O4. The van der Waals surface area contributed by atoms with E-state index in [1.807, 2.05) is 12.1 Å². The van der Waals surface area contributed by atoms with Crippen molar-refractivity contribution in [3.63, 3.8) is 0 Å². The fraction of sp³-hybridized carbons (Fsp3) is 0.682. The van der Waals surface area contributed by atoms with E-state index in [9.17, 15) is 4.79 Å². The SMILES string of the molecule is COCCOCOc1cc(C(C)=O)ccc1C12CC3CC(CC(C3)C1)C2. The van der Waals surface area contributed by atoms with Gasteiger partial charge in [0.05, 0.1) is 13.2 Å². The van der Waals surface area contributed by atoms with Crippen molar-refractivity contribution in [3.05, 3.63) is 29.3 Å². The molecule has 5 rings (SSSR count). The van der Waals surface area contributed by atoms with Gasteiger partial charge in [0.1, 0.15) is 5.75 Å². The molecule has 0 aliphatic heterocycles. The van der Waals surface area contributed by atoms with Crippen molar-refractivity contribution in [2.24, 2.45) is 17.8 Å². The molecule has 1 aromatic rings. The van der Waals surface area contributed by atoms with E-state index in [0.29, 0.717) is 18.8 Å². The minimum Gasteiger partial charge on any atom is -0.467 e. The molecule has 4 aliphatic carbocycles. The van der Waals surface area contributed by atoms with Gasteiger partial charge in [0.2, 0.25) is 0 Å². The molecule has 142 valence electrons. The van der Waals surface area contributed by atoms with Crippen molar-refractivity contribution in [2.45, 2.75) is 50.9 Å². The van der Waals surface area contributed by atoms with Gasteiger partial charge < -0.3 is 14.2 Å². The van der Waals surface area contributed by atoms with Gasteiger partial charge in [-0.05, 0) is 74.7 Å². The fourth-order valence-corrected chi connectivity index (χ4v) is 6.05. The normalized spacial score (nSPS) is 32.0. The Hall–Kier alpha value is -1.39. The minimum atomic E-state index is 0.0761. The predicted octanol–water partition coefficient (Wildman–Crippen LogP) is 4.36. The highest BCUT2D eigenvalue weighted by Crippen LogP contribution is 2.61. The van der Waals surface area contributed by atoms with Crippen molar-refractivity contribution in [2.75, 3.05) is 27.1 Å². The average molecular weight is 358 g/mol. The Morgan fingerprint density at radius 1 is 1.08 bits per heavy atom. The standard InChI is InChI=1S/C22H30O4/c1-15(23)19-3-4-20(21(10-19)26-14-25-6-5-24-2)22-11-16-7-17(12-22)9-18(8-16)13-22/h3-4,10,16-18H,5-9,11-14H2,1-2H3. The third-order valence-corrected chi connectivity index (χ3v) is 6.73. The van der Waals surface area contributed by atoms with Crippen LogP contribution in [0, 0.1) is 17.8 Å². The molecular weight excluding hydrogens is 328 g/mol. The number of benzene rings is 1. The highest BCUT2D eigenvalue weighted by Gasteiger charge is 2.52. The van der Waals surface area contributed by atoms with E-state index in [4.69, 9.17) is 14.2 Å². The van der Waals surface area contributed by atoms with Gasteiger partial charge in [-0.3, -0.25) is 4.79 Å². The quantitative estimate of drug-likeness (QED) is 0.393. The summed E-state index contributed by atoms with van der Waals surface area (Å²) < 4.78 is 16.6. The van der Waals surface area contributed by atoms with Crippen LogP contribution in [0.2, 0.25) is 0 Å². The van der Waals surface area contributed by atoms with Crippen molar-refractivity contribution in [1.82, 2.24) is 0 Å². The van der Waals surface area contributed by atoms with E-state index in [1.54, 1.807) is 14.0 Å². The monoisotopic (exact) mass is 358 g/mol. The first-order valence-corrected chi connectivity index (χ1v) is 9.94. The topological polar surface area (TPSA) is 44.8 Å². The first-order valence-electron chi connectivity index (χ1n) is 9.94. The number of ketones is 1. The first-order chi connectivity index (χ1) is 12.6. The Morgan fingerprint density at radius 2 is 1.73 bits per heavy atom. The summed E-state index contributed by atoms with van der Waals surface area (Å²) in [5.41, 5.74) is 2.26. The number of ether oxygens (including phenoxy) is 3. The smallest absolute Gasteiger partial charge is 0.189 e. The number of rotatable bonds is 8. The van der Waals surface area contributed by atoms with Gasteiger partial charge in [-0.25, -0.2) is 0 Å². The third kappa shape index (κ3) is 3.41. The van der Waals surface area contributed by atoms with Gasteiger partial charge in [-0.15, -0.1) is 0 Å². The third-order valence-electron chi connectivity index (χ3n) is 6.73. The summed E-state index contributed by atoms with van der Waals surface area (Å²) in [5, 5.41) is 0. The molecule has 0 amide bonds. The summed E-state index contributed by atoms with van der Waals surface area (Å²) in [4.78, 5) is 11.9. The van der Waals surface area contributed by atoms with Crippen molar-refractivity contribution >= 4 is 5.78 Å². The van der Waals surface area contributed by atoms with Gasteiger partial charge >= 0.3 is 0 Å². The van der Waals surface area contributed by atoms with Gasteiger partial charge in [0, 0.05) is 18.2 Å². The molecule has 0 spiro atoms. The molecule has 0 aromatic heterocycles. The molecule has 0 radical (unpaired) electrons. The van der Waals surface area contributed by atoms with Crippen molar-refractivity contribution < 1.29 is 19.0 Å². The molecule has 0 heterocycles. The molecule has 26 heavy (non-hydrogen) atoms. The number of hydrogen-bond acceptors (Lipinski definition) is 4. The molecule has 4 nitrogen and oxygen atoms in total. The van der Waals surface area contributed by atoms with E-state index in [1.165, 1.54) is 44.1 Å². The van der Waals surface area contributed by atoms with Crippen LogP contribution in [0.15, 0.2) is 18.2 Å². The maximum absolute atomic E-state index is 11.9. The maximum atomic E-state index is 11.9. The first kappa shape index (κ1) is 18.0. The molecule has 1 aromatic carbocycles. The molecule has 0 N–H and O–H groups in total. The molecule has 0 saturated heterocycles. The molecule has 4 aliphatic rings. The highest BCUT2D eigenvalue weighted by molar-refractivity contribution is 5.94. The van der Waals surface area contributed by atoms with Crippen LogP contribution in [0.4, 0.5) is 0 Å². The summed E-state index contributed by atoms with van der Waals surface area (Å²) in [5.74, 6) is 3.54. The van der Waals surface area contributed by atoms with Gasteiger partial charge in [-0.1, -0.05) is 12.1 Å². The molecule has 0 unspecified atom stereocenters. The zero-order valence-electron chi connectivity index (χ0n) is 16.0. The lowest BCUT2D eigenvalue weighted by atomic mass is 9.48. The molecule has 4 heteroatoms. The summed E-state index contributed by atoms with van der Waals surface area (Å²) >= 11 is 0. The summed E-state index contributed by atoms with van der Waals surface area (Å²) in [6.07, 6.45) is 8.08. The Labute approximate surface area is 156 Å². The second-order valence-electron chi connectivity index (χ2n) is 8.63. The molecule has 4 bridgehead atoms. The van der Waals surface area contributed by atoms with Crippen LogP contribution in [0.3, 0.4) is 0 Å². The fourth-order valence-electron chi connectivity index (χ4n) is 6.05. The second-order valence-corrected chi connectivity index (χ2v) is 8.63. The Bertz CT molecular complexity index is 631. The van der Waals surface area contributed by atoms with Gasteiger partial charge in [0.15, 0.2) is 12.6 Å². The van der Waals surface area contributed by atoms with E-state index < -0.39 is 0 Å². The number of carbonyl (C=O) groups excluding carboxylic acids is 1.